The molecule has 0 bridgehead atoms. The molecule has 1 aliphatic rings. The second kappa shape index (κ2) is 6.39. The molecule has 1 aliphatic heterocycles. The van der Waals surface area contributed by atoms with E-state index in [-0.39, 0.29) is 0 Å². The maximum Gasteiger partial charge on any atom is 0.0713 e. The van der Waals surface area contributed by atoms with Crippen LogP contribution in [0.2, 0.25) is 0 Å². The molecule has 2 nitrogen and oxygen atoms in total. The second-order valence-electron chi connectivity index (χ2n) is 4.61. The van der Waals surface area contributed by atoms with Crippen molar-refractivity contribution >= 4 is 0 Å². The Morgan fingerprint density at radius 1 is 1.31 bits per heavy atom. The first kappa shape index (κ1) is 12.9. The van der Waals surface area contributed by atoms with Crippen LogP contribution >= 0.6 is 0 Å². The van der Waals surface area contributed by atoms with Gasteiger partial charge in [-0.1, -0.05) is 20.8 Å². The van der Waals surface area contributed by atoms with Crippen molar-refractivity contribution in [2.45, 2.75) is 46.3 Å². The molecule has 0 aromatic rings. The van der Waals surface area contributed by atoms with Crippen LogP contribution in [0.1, 0.15) is 34.1 Å². The highest BCUT2D eigenvalue weighted by Crippen LogP contribution is 2.16. The molecular weight excluding hydrogens is 162 g/mol. The zero-order valence-electron chi connectivity index (χ0n) is 10.0. The van der Waals surface area contributed by atoms with E-state index in [1.54, 1.807) is 7.11 Å². The minimum Gasteiger partial charge on any atom is -0.380 e. The van der Waals surface area contributed by atoms with Gasteiger partial charge in [-0.2, -0.15) is 0 Å². The summed E-state index contributed by atoms with van der Waals surface area (Å²) >= 11 is 0. The number of likely N-dealkylation sites (N-methyl/N-ethyl adjacent to an activating group) is 1. The van der Waals surface area contributed by atoms with Crippen LogP contribution < -0.4 is 0 Å². The molecule has 1 saturated heterocycles. The molecule has 0 aromatic heterocycles. The highest BCUT2D eigenvalue weighted by molar-refractivity contribution is 4.79. The van der Waals surface area contributed by atoms with Crippen LogP contribution in [0.5, 0.6) is 0 Å². The van der Waals surface area contributed by atoms with E-state index in [1.807, 2.05) is 0 Å². The SMILES string of the molecule is CC(C)C.CO[C@@H]1C[C@@H](C)N(C)C1. The van der Waals surface area contributed by atoms with Crippen molar-refractivity contribution in [3.8, 4) is 0 Å². The molecular formula is C11H25NO. The Kier molecular flexibility index (Phi) is 6.35. The van der Waals surface area contributed by atoms with Crippen molar-refractivity contribution in [1.82, 2.24) is 4.90 Å². The van der Waals surface area contributed by atoms with Crippen molar-refractivity contribution in [3.63, 3.8) is 0 Å². The number of nitrogens with zero attached hydrogens (tertiary/aromatic N) is 1. The highest BCUT2D eigenvalue weighted by Gasteiger charge is 2.25. The highest BCUT2D eigenvalue weighted by atomic mass is 16.5. The topological polar surface area (TPSA) is 12.5 Å². The summed E-state index contributed by atoms with van der Waals surface area (Å²) < 4.78 is 5.21. The van der Waals surface area contributed by atoms with Gasteiger partial charge in [0, 0.05) is 19.7 Å². The van der Waals surface area contributed by atoms with Gasteiger partial charge >= 0.3 is 0 Å². The Bertz CT molecular complexity index is 113. The molecule has 2 heteroatoms. The van der Waals surface area contributed by atoms with E-state index in [9.17, 15) is 0 Å². The van der Waals surface area contributed by atoms with Crippen LogP contribution in [0.15, 0.2) is 0 Å². The van der Waals surface area contributed by atoms with Gasteiger partial charge in [0.2, 0.25) is 0 Å². The molecule has 2 atom stereocenters. The Hall–Kier alpha value is -0.0800. The van der Waals surface area contributed by atoms with E-state index in [0.717, 1.165) is 12.5 Å². The van der Waals surface area contributed by atoms with E-state index in [0.29, 0.717) is 12.1 Å². The van der Waals surface area contributed by atoms with Crippen molar-refractivity contribution in [1.29, 1.82) is 0 Å². The van der Waals surface area contributed by atoms with Crippen LogP contribution in [0.4, 0.5) is 0 Å². The summed E-state index contributed by atoms with van der Waals surface area (Å²) in [7, 11) is 3.93. The summed E-state index contributed by atoms with van der Waals surface area (Å²) in [5, 5.41) is 0. The summed E-state index contributed by atoms with van der Waals surface area (Å²) in [5.41, 5.74) is 0. The van der Waals surface area contributed by atoms with Crippen LogP contribution in [0, 0.1) is 5.92 Å². The third-order valence-corrected chi connectivity index (χ3v) is 2.18. The van der Waals surface area contributed by atoms with Gasteiger partial charge in [-0.05, 0) is 26.3 Å². The van der Waals surface area contributed by atoms with Gasteiger partial charge in [0.1, 0.15) is 0 Å². The van der Waals surface area contributed by atoms with Crippen LogP contribution in [0.25, 0.3) is 0 Å². The normalized spacial score (nSPS) is 28.8. The van der Waals surface area contributed by atoms with E-state index >= 15 is 0 Å². The molecule has 0 N–H and O–H groups in total. The van der Waals surface area contributed by atoms with Gasteiger partial charge in [0.05, 0.1) is 6.10 Å². The fraction of sp³-hybridized carbons (Fsp3) is 1.00. The second-order valence-corrected chi connectivity index (χ2v) is 4.61. The molecule has 0 amide bonds. The number of methoxy groups -OCH3 is 1. The van der Waals surface area contributed by atoms with E-state index < -0.39 is 0 Å². The summed E-state index contributed by atoms with van der Waals surface area (Å²) in [5.74, 6) is 0.833. The summed E-state index contributed by atoms with van der Waals surface area (Å²) in [6.07, 6.45) is 1.66. The van der Waals surface area contributed by atoms with Crippen molar-refractivity contribution < 1.29 is 4.74 Å². The Labute approximate surface area is 83.3 Å². The van der Waals surface area contributed by atoms with E-state index in [1.165, 1.54) is 6.42 Å². The predicted molar refractivity (Wildman–Crippen MR) is 58.0 cm³/mol. The molecule has 0 aromatic carbocycles. The van der Waals surface area contributed by atoms with Gasteiger partial charge < -0.3 is 9.64 Å². The molecule has 80 valence electrons. The standard InChI is InChI=1S/C7H15NO.C4H10/c1-6-4-7(9-3)5-8(6)2;1-4(2)3/h6-7H,4-5H2,1-3H3;4H,1-3H3/t6-,7-;/m1./s1. The first-order valence-corrected chi connectivity index (χ1v) is 5.20. The maximum atomic E-state index is 5.21. The van der Waals surface area contributed by atoms with E-state index in [2.05, 4.69) is 39.6 Å². The summed E-state index contributed by atoms with van der Waals surface area (Å²) in [4.78, 5) is 2.33. The first-order chi connectivity index (χ1) is 5.97. The Morgan fingerprint density at radius 2 is 1.77 bits per heavy atom. The van der Waals surface area contributed by atoms with Crippen molar-refractivity contribution in [2.24, 2.45) is 5.92 Å². The molecule has 0 aliphatic carbocycles. The van der Waals surface area contributed by atoms with Crippen LogP contribution in [-0.2, 0) is 4.74 Å². The minimum absolute atomic E-state index is 0.477. The van der Waals surface area contributed by atoms with Gasteiger partial charge in [0.25, 0.3) is 0 Å². The monoisotopic (exact) mass is 187 g/mol. The molecule has 1 fully saturated rings. The zero-order valence-corrected chi connectivity index (χ0v) is 10.0. The lowest BCUT2D eigenvalue weighted by atomic mass is 10.2. The quantitative estimate of drug-likeness (QED) is 0.625. The molecule has 1 rings (SSSR count). The van der Waals surface area contributed by atoms with Gasteiger partial charge in [-0.15, -0.1) is 0 Å². The van der Waals surface area contributed by atoms with Crippen molar-refractivity contribution in [2.75, 3.05) is 20.7 Å². The summed E-state index contributed by atoms with van der Waals surface area (Å²) in [6.45, 7) is 9.83. The molecule has 13 heavy (non-hydrogen) atoms. The smallest absolute Gasteiger partial charge is 0.0713 e. The van der Waals surface area contributed by atoms with Gasteiger partial charge in [-0.25, -0.2) is 0 Å². The number of hydrogen-bond donors (Lipinski definition) is 0. The zero-order chi connectivity index (χ0) is 10.4. The number of likely N-dealkylation sites (tertiary alicyclic amines) is 1. The summed E-state index contributed by atoms with van der Waals surface area (Å²) in [6, 6.07) is 0.704. The van der Waals surface area contributed by atoms with Gasteiger partial charge in [-0.3, -0.25) is 0 Å². The lowest BCUT2D eigenvalue weighted by Gasteiger charge is -2.11. The lowest BCUT2D eigenvalue weighted by Crippen LogP contribution is -2.22. The minimum atomic E-state index is 0.477. The molecule has 0 radical (unpaired) electrons. The Morgan fingerprint density at radius 3 is 1.92 bits per heavy atom. The predicted octanol–water partition coefficient (Wildman–Crippen LogP) is 2.39. The van der Waals surface area contributed by atoms with Crippen molar-refractivity contribution in [3.05, 3.63) is 0 Å². The fourth-order valence-corrected chi connectivity index (χ4v) is 1.31. The third kappa shape index (κ3) is 6.05. The van der Waals surface area contributed by atoms with E-state index in [4.69, 9.17) is 4.74 Å². The molecule has 0 unspecified atom stereocenters. The lowest BCUT2D eigenvalue weighted by molar-refractivity contribution is 0.111. The number of ether oxygens (including phenoxy) is 1. The Balaban J connectivity index is 0.000000310. The largest absolute Gasteiger partial charge is 0.380 e. The molecule has 0 spiro atoms. The maximum absolute atomic E-state index is 5.21. The number of rotatable bonds is 1. The first-order valence-electron chi connectivity index (χ1n) is 5.20. The number of hydrogen-bond acceptors (Lipinski definition) is 2. The molecule has 1 heterocycles. The average molecular weight is 187 g/mol. The molecule has 0 saturated carbocycles. The third-order valence-electron chi connectivity index (χ3n) is 2.18. The van der Waals surface area contributed by atoms with Crippen LogP contribution in [0.3, 0.4) is 0 Å². The average Bonchev–Trinajstić information content (AvgIpc) is 2.30. The fourth-order valence-electron chi connectivity index (χ4n) is 1.31. The van der Waals surface area contributed by atoms with Crippen LogP contribution in [-0.4, -0.2) is 37.7 Å². The van der Waals surface area contributed by atoms with Gasteiger partial charge in [0.15, 0.2) is 0 Å².